The zero-order valence-electron chi connectivity index (χ0n) is 15.7. The van der Waals surface area contributed by atoms with Crippen molar-refractivity contribution in [2.45, 2.75) is 75.0 Å². The van der Waals surface area contributed by atoms with Crippen molar-refractivity contribution in [1.29, 1.82) is 0 Å². The van der Waals surface area contributed by atoms with Crippen molar-refractivity contribution in [3.05, 3.63) is 0 Å². The zero-order chi connectivity index (χ0) is 20.5. The number of rotatable bonds is 5. The molecule has 156 valence electrons. The molecule has 2 aliphatic heterocycles. The monoisotopic (exact) mass is 417 g/mol. The molecular weight excluding hydrogens is 393 g/mol. The van der Waals surface area contributed by atoms with Crippen LogP contribution in [0.15, 0.2) is 0 Å². The molecule has 12 nitrogen and oxygen atoms in total. The Bertz CT molecular complexity index is 552. The topological polar surface area (TPSA) is 198 Å². The second kappa shape index (κ2) is 10.6. The fourth-order valence-corrected chi connectivity index (χ4v) is 3.19. The van der Waals surface area contributed by atoms with Crippen molar-refractivity contribution in [2.75, 3.05) is 6.61 Å². The van der Waals surface area contributed by atoms with Gasteiger partial charge in [-0.2, -0.15) is 0 Å². The molecule has 2 fully saturated rings. The molecule has 0 spiro atoms. The van der Waals surface area contributed by atoms with E-state index in [-0.39, 0.29) is 29.6 Å². The van der Waals surface area contributed by atoms with Crippen molar-refractivity contribution >= 4 is 11.9 Å². The predicted molar refractivity (Wildman–Crippen MR) is 81.6 cm³/mol. The van der Waals surface area contributed by atoms with Crippen LogP contribution in [0.1, 0.15) is 13.8 Å². The molecule has 0 aromatic carbocycles. The molecule has 2 saturated heterocycles. The molecule has 4 unspecified atom stereocenters. The van der Waals surface area contributed by atoms with E-state index in [1.807, 2.05) is 0 Å². The van der Waals surface area contributed by atoms with Crippen LogP contribution in [0.2, 0.25) is 0 Å². The molecule has 28 heavy (non-hydrogen) atoms. The Morgan fingerprint density at radius 2 is 1.68 bits per heavy atom. The minimum absolute atomic E-state index is 0. The van der Waals surface area contributed by atoms with Crippen LogP contribution in [-0.2, 0) is 23.8 Å². The van der Waals surface area contributed by atoms with Gasteiger partial charge in [0.25, 0.3) is 0 Å². The Morgan fingerprint density at radius 3 is 2.18 bits per heavy atom. The number of hydrogen-bond acceptors (Lipinski definition) is 11. The van der Waals surface area contributed by atoms with Crippen molar-refractivity contribution in [2.24, 2.45) is 0 Å². The SMILES string of the molecule is CC(=O)NC1[C@H](C)OC(CO)[C@@H](O)[C@@H]1O[C@@H]1OC(C(=O)[O-])[C@@H](O)[C@H](O)C1O.[Na+]. The van der Waals surface area contributed by atoms with Crippen LogP contribution in [0.4, 0.5) is 0 Å². The summed E-state index contributed by atoms with van der Waals surface area (Å²) < 4.78 is 15.9. The van der Waals surface area contributed by atoms with Crippen LogP contribution in [-0.4, -0.2) is 105 Å². The number of ether oxygens (including phenoxy) is 3. The second-order valence-corrected chi connectivity index (χ2v) is 6.60. The fraction of sp³-hybridized carbons (Fsp3) is 0.867. The average Bonchev–Trinajstić information content (AvgIpc) is 2.60. The molecule has 0 saturated carbocycles. The van der Waals surface area contributed by atoms with E-state index in [9.17, 15) is 40.2 Å². The second-order valence-electron chi connectivity index (χ2n) is 6.60. The number of carbonyl (C=O) groups excluding carboxylic acids is 2. The van der Waals surface area contributed by atoms with Gasteiger partial charge in [-0.3, -0.25) is 4.79 Å². The van der Waals surface area contributed by atoms with Crippen LogP contribution >= 0.6 is 0 Å². The van der Waals surface area contributed by atoms with Crippen molar-refractivity contribution < 1.29 is 84.0 Å². The van der Waals surface area contributed by atoms with E-state index in [0.717, 1.165) is 0 Å². The maximum absolute atomic E-state index is 11.5. The maximum atomic E-state index is 11.5. The minimum atomic E-state index is -1.99. The molecule has 0 aromatic heterocycles. The van der Waals surface area contributed by atoms with Gasteiger partial charge < -0.3 is 55.0 Å². The van der Waals surface area contributed by atoms with Crippen molar-refractivity contribution in [1.82, 2.24) is 5.32 Å². The summed E-state index contributed by atoms with van der Waals surface area (Å²) in [4.78, 5) is 22.5. The molecule has 2 aliphatic rings. The van der Waals surface area contributed by atoms with Gasteiger partial charge in [0.05, 0.1) is 24.7 Å². The van der Waals surface area contributed by atoms with Gasteiger partial charge in [0.15, 0.2) is 6.29 Å². The predicted octanol–water partition coefficient (Wildman–Crippen LogP) is -8.42. The van der Waals surface area contributed by atoms with E-state index in [4.69, 9.17) is 14.2 Å². The first-order valence-corrected chi connectivity index (χ1v) is 8.36. The molecule has 0 aliphatic carbocycles. The van der Waals surface area contributed by atoms with E-state index in [1.165, 1.54) is 6.92 Å². The molecular formula is C15H24NNaO11. The van der Waals surface area contributed by atoms with Crippen LogP contribution in [0.25, 0.3) is 0 Å². The third-order valence-electron chi connectivity index (χ3n) is 4.61. The third-order valence-corrected chi connectivity index (χ3v) is 4.61. The normalized spacial score (nSPS) is 43.7. The molecule has 0 bridgehead atoms. The molecule has 13 heteroatoms. The smallest absolute Gasteiger partial charge is 0.547 e. The molecule has 2 heterocycles. The summed E-state index contributed by atoms with van der Waals surface area (Å²) in [5.41, 5.74) is 0. The number of carboxylic acids is 1. The standard InChI is InChI=1S/C15H25NO11.Na/c1-4-7(16-5(2)18)12(8(19)6(3-17)25-4)26-15-11(22)9(20)10(21)13(27-15)14(23)24;/h4,6-13,15,17,19-22H,3H2,1-2H3,(H,16,18)(H,23,24);/q;+1/p-1/t4-,6?,7?,8+,9-,10-,11?,12+,13?,15+;/m0./s1. The summed E-state index contributed by atoms with van der Waals surface area (Å²) in [5.74, 6) is -2.32. The average molecular weight is 417 g/mol. The van der Waals surface area contributed by atoms with Gasteiger partial charge in [-0.25, -0.2) is 0 Å². The Morgan fingerprint density at radius 1 is 1.07 bits per heavy atom. The minimum Gasteiger partial charge on any atom is -0.547 e. The first-order valence-electron chi connectivity index (χ1n) is 8.36. The first-order chi connectivity index (χ1) is 12.6. The van der Waals surface area contributed by atoms with Crippen molar-refractivity contribution in [3.63, 3.8) is 0 Å². The number of aliphatic hydroxyl groups is 5. The van der Waals surface area contributed by atoms with Gasteiger partial charge in [-0.05, 0) is 6.92 Å². The third kappa shape index (κ3) is 5.40. The maximum Gasteiger partial charge on any atom is 1.00 e. The number of carboxylic acid groups (broad SMARTS) is 1. The van der Waals surface area contributed by atoms with E-state index in [2.05, 4.69) is 5.32 Å². The summed E-state index contributed by atoms with van der Waals surface area (Å²) in [5, 5.41) is 62.9. The Balaban J connectivity index is 0.00000392. The van der Waals surface area contributed by atoms with Gasteiger partial charge in [-0.1, -0.05) is 0 Å². The van der Waals surface area contributed by atoms with Gasteiger partial charge in [0, 0.05) is 6.92 Å². The van der Waals surface area contributed by atoms with E-state index in [1.54, 1.807) is 6.92 Å². The number of aliphatic hydroxyl groups excluding tert-OH is 5. The van der Waals surface area contributed by atoms with Gasteiger partial charge >= 0.3 is 29.6 Å². The van der Waals surface area contributed by atoms with E-state index < -0.39 is 79.6 Å². The van der Waals surface area contributed by atoms with Crippen molar-refractivity contribution in [3.8, 4) is 0 Å². The Kier molecular flexibility index (Phi) is 9.70. The van der Waals surface area contributed by atoms with Crippen LogP contribution < -0.4 is 40.0 Å². The number of carbonyl (C=O) groups is 2. The number of hydrogen-bond donors (Lipinski definition) is 6. The molecule has 6 N–H and O–H groups in total. The van der Waals surface area contributed by atoms with Gasteiger partial charge in [0.1, 0.15) is 42.7 Å². The largest absolute Gasteiger partial charge is 1.00 e. The summed E-state index contributed by atoms with van der Waals surface area (Å²) in [6.45, 7) is 2.19. The summed E-state index contributed by atoms with van der Waals surface area (Å²) in [6, 6.07) is -0.943. The van der Waals surface area contributed by atoms with E-state index in [0.29, 0.717) is 0 Å². The Labute approximate surface area is 182 Å². The zero-order valence-corrected chi connectivity index (χ0v) is 17.7. The van der Waals surface area contributed by atoms with Crippen LogP contribution in [0.5, 0.6) is 0 Å². The molecule has 10 atom stereocenters. The molecule has 2 rings (SSSR count). The summed E-state index contributed by atoms with van der Waals surface area (Å²) in [6.07, 6.45) is -14.1. The van der Waals surface area contributed by atoms with Crippen LogP contribution in [0.3, 0.4) is 0 Å². The van der Waals surface area contributed by atoms with Gasteiger partial charge in [0.2, 0.25) is 5.91 Å². The molecule has 0 radical (unpaired) electrons. The number of aliphatic carboxylic acids is 1. The molecule has 0 aromatic rings. The summed E-state index contributed by atoms with van der Waals surface area (Å²) >= 11 is 0. The number of nitrogens with one attached hydrogen (secondary N) is 1. The first kappa shape index (κ1) is 25.7. The van der Waals surface area contributed by atoms with Gasteiger partial charge in [-0.15, -0.1) is 0 Å². The number of amides is 1. The molecule has 1 amide bonds. The fourth-order valence-electron chi connectivity index (χ4n) is 3.19. The Hall–Kier alpha value is -0.380. The summed E-state index contributed by atoms with van der Waals surface area (Å²) in [7, 11) is 0. The van der Waals surface area contributed by atoms with E-state index >= 15 is 0 Å². The van der Waals surface area contributed by atoms with Crippen LogP contribution in [0, 0.1) is 0 Å². The quantitative estimate of drug-likeness (QED) is 0.232.